The number of benzene rings is 1. The van der Waals surface area contributed by atoms with Crippen LogP contribution in [0.1, 0.15) is 18.4 Å². The summed E-state index contributed by atoms with van der Waals surface area (Å²) < 4.78 is 0. The van der Waals surface area contributed by atoms with Crippen LogP contribution in [-0.2, 0) is 4.79 Å². The first-order valence-electron chi connectivity index (χ1n) is 6.36. The summed E-state index contributed by atoms with van der Waals surface area (Å²) in [5, 5.41) is 11.1. The number of carbonyl (C=O) groups excluding carboxylic acids is 1. The number of hydrogen-bond acceptors (Lipinski definition) is 4. The molecule has 0 aromatic heterocycles. The molecule has 1 saturated carbocycles. The highest BCUT2D eigenvalue weighted by Crippen LogP contribution is 2.34. The monoisotopic (exact) mass is 261 g/mol. The van der Waals surface area contributed by atoms with Gasteiger partial charge in [0.25, 0.3) is 5.69 Å². The van der Waals surface area contributed by atoms with E-state index in [4.69, 9.17) is 0 Å². The Balaban J connectivity index is 1.90. The molecule has 1 aliphatic heterocycles. The molecule has 3 rings (SSSR count). The van der Waals surface area contributed by atoms with E-state index in [2.05, 4.69) is 0 Å². The fraction of sp³-hybridized carbons (Fsp3) is 0.462. The fourth-order valence-corrected chi connectivity index (χ4v) is 2.48. The number of anilines is 1. The van der Waals surface area contributed by atoms with Gasteiger partial charge in [0.2, 0.25) is 5.91 Å². The van der Waals surface area contributed by atoms with Crippen LogP contribution in [0.5, 0.6) is 0 Å². The minimum atomic E-state index is -0.382. The Morgan fingerprint density at radius 1 is 1.37 bits per heavy atom. The van der Waals surface area contributed by atoms with Gasteiger partial charge in [0.1, 0.15) is 5.69 Å². The molecule has 100 valence electrons. The number of nitro benzene ring substituents is 1. The predicted octanol–water partition coefficient (Wildman–Crippen LogP) is 1.67. The van der Waals surface area contributed by atoms with Crippen molar-refractivity contribution < 1.29 is 9.72 Å². The highest BCUT2D eigenvalue weighted by molar-refractivity contribution is 5.86. The number of rotatable bonds is 3. The maximum atomic E-state index is 11.9. The second-order valence-electron chi connectivity index (χ2n) is 5.18. The number of nitro groups is 1. The lowest BCUT2D eigenvalue weighted by Gasteiger charge is -2.19. The van der Waals surface area contributed by atoms with Gasteiger partial charge in [-0.05, 0) is 31.4 Å². The molecule has 1 aromatic carbocycles. The Bertz CT molecular complexity index is 554. The Hall–Kier alpha value is -2.11. The second kappa shape index (κ2) is 4.22. The van der Waals surface area contributed by atoms with Crippen molar-refractivity contribution >= 4 is 17.3 Å². The van der Waals surface area contributed by atoms with Crippen molar-refractivity contribution in [3.05, 3.63) is 33.9 Å². The summed E-state index contributed by atoms with van der Waals surface area (Å²) in [5.41, 5.74) is 1.46. The molecule has 2 aliphatic rings. The molecular weight excluding hydrogens is 246 g/mol. The van der Waals surface area contributed by atoms with Crippen LogP contribution in [0.4, 0.5) is 11.4 Å². The van der Waals surface area contributed by atoms with Crippen LogP contribution in [0.15, 0.2) is 18.2 Å². The van der Waals surface area contributed by atoms with Crippen molar-refractivity contribution in [3.8, 4) is 0 Å². The highest BCUT2D eigenvalue weighted by Gasteiger charge is 2.39. The van der Waals surface area contributed by atoms with E-state index in [0.717, 1.165) is 18.4 Å². The molecular formula is C13H15N3O3. The SMILES string of the molecule is Cc1ccc(N2CC(=O)N(C3CC3)C2)c([N+](=O)[O-])c1. The third-order valence-electron chi connectivity index (χ3n) is 3.63. The van der Waals surface area contributed by atoms with Gasteiger partial charge < -0.3 is 9.80 Å². The van der Waals surface area contributed by atoms with Crippen LogP contribution in [-0.4, -0.2) is 35.0 Å². The van der Waals surface area contributed by atoms with Crippen molar-refractivity contribution in [1.82, 2.24) is 4.90 Å². The standard InChI is InChI=1S/C13H15N3O3/c1-9-2-5-11(12(6-9)16(18)19)14-7-13(17)15(8-14)10-3-4-10/h2,5-6,10H,3-4,7-8H2,1H3. The quantitative estimate of drug-likeness (QED) is 0.613. The zero-order chi connectivity index (χ0) is 13.6. The molecule has 19 heavy (non-hydrogen) atoms. The third kappa shape index (κ3) is 2.14. The molecule has 0 N–H and O–H groups in total. The van der Waals surface area contributed by atoms with Gasteiger partial charge in [0, 0.05) is 12.1 Å². The number of nitrogens with zero attached hydrogens (tertiary/aromatic N) is 3. The van der Waals surface area contributed by atoms with E-state index in [1.54, 1.807) is 17.0 Å². The summed E-state index contributed by atoms with van der Waals surface area (Å²) in [7, 11) is 0. The lowest BCUT2D eigenvalue weighted by atomic mass is 10.2. The van der Waals surface area contributed by atoms with E-state index in [1.165, 1.54) is 0 Å². The lowest BCUT2D eigenvalue weighted by molar-refractivity contribution is -0.384. The molecule has 0 atom stereocenters. The van der Waals surface area contributed by atoms with Crippen molar-refractivity contribution in [2.24, 2.45) is 0 Å². The van der Waals surface area contributed by atoms with Crippen molar-refractivity contribution in [2.45, 2.75) is 25.8 Å². The Morgan fingerprint density at radius 3 is 2.74 bits per heavy atom. The molecule has 0 spiro atoms. The van der Waals surface area contributed by atoms with Gasteiger partial charge in [0.15, 0.2) is 0 Å². The minimum Gasteiger partial charge on any atom is -0.339 e. The molecule has 0 radical (unpaired) electrons. The summed E-state index contributed by atoms with van der Waals surface area (Å²) in [4.78, 5) is 26.3. The largest absolute Gasteiger partial charge is 0.339 e. The molecule has 1 heterocycles. The van der Waals surface area contributed by atoms with Crippen molar-refractivity contribution in [3.63, 3.8) is 0 Å². The molecule has 1 amide bonds. The van der Waals surface area contributed by atoms with Crippen molar-refractivity contribution in [2.75, 3.05) is 18.1 Å². The Morgan fingerprint density at radius 2 is 2.11 bits per heavy atom. The number of hydrogen-bond donors (Lipinski definition) is 0. The molecule has 6 nitrogen and oxygen atoms in total. The van der Waals surface area contributed by atoms with Gasteiger partial charge in [-0.3, -0.25) is 14.9 Å². The minimum absolute atomic E-state index is 0.0670. The van der Waals surface area contributed by atoms with Crippen LogP contribution < -0.4 is 4.90 Å². The van der Waals surface area contributed by atoms with E-state index in [0.29, 0.717) is 18.4 Å². The number of aryl methyl sites for hydroxylation is 1. The number of amides is 1. The Kier molecular flexibility index (Phi) is 2.66. The first-order chi connectivity index (χ1) is 9.06. The van der Waals surface area contributed by atoms with E-state index in [-0.39, 0.29) is 23.1 Å². The topological polar surface area (TPSA) is 66.7 Å². The molecule has 1 aliphatic carbocycles. The zero-order valence-electron chi connectivity index (χ0n) is 10.7. The van der Waals surface area contributed by atoms with Crippen LogP contribution >= 0.6 is 0 Å². The molecule has 1 aromatic rings. The summed E-state index contributed by atoms with van der Waals surface area (Å²) in [6, 6.07) is 5.48. The van der Waals surface area contributed by atoms with Gasteiger partial charge in [-0.1, -0.05) is 6.07 Å². The van der Waals surface area contributed by atoms with E-state index < -0.39 is 0 Å². The van der Waals surface area contributed by atoms with Gasteiger partial charge in [-0.2, -0.15) is 0 Å². The van der Waals surface area contributed by atoms with Crippen LogP contribution in [0.25, 0.3) is 0 Å². The van der Waals surface area contributed by atoms with Gasteiger partial charge in [-0.15, -0.1) is 0 Å². The summed E-state index contributed by atoms with van der Waals surface area (Å²) in [6.45, 7) is 2.52. The third-order valence-corrected chi connectivity index (χ3v) is 3.63. The lowest BCUT2D eigenvalue weighted by Crippen LogP contribution is -2.29. The molecule has 1 saturated heterocycles. The maximum Gasteiger partial charge on any atom is 0.292 e. The van der Waals surface area contributed by atoms with E-state index in [1.807, 2.05) is 17.9 Å². The normalized spacial score (nSPS) is 19.1. The fourth-order valence-electron chi connectivity index (χ4n) is 2.48. The van der Waals surface area contributed by atoms with Crippen molar-refractivity contribution in [1.29, 1.82) is 0 Å². The summed E-state index contributed by atoms with van der Waals surface area (Å²) in [5.74, 6) is 0.0670. The average molecular weight is 261 g/mol. The summed E-state index contributed by atoms with van der Waals surface area (Å²) >= 11 is 0. The molecule has 6 heteroatoms. The number of carbonyl (C=O) groups is 1. The average Bonchev–Trinajstić information content (AvgIpc) is 3.13. The molecule has 0 bridgehead atoms. The van der Waals surface area contributed by atoms with Crippen LogP contribution in [0.2, 0.25) is 0 Å². The van der Waals surface area contributed by atoms with Gasteiger partial charge in [0.05, 0.1) is 18.1 Å². The van der Waals surface area contributed by atoms with E-state index in [9.17, 15) is 14.9 Å². The summed E-state index contributed by atoms with van der Waals surface area (Å²) in [6.07, 6.45) is 2.10. The highest BCUT2D eigenvalue weighted by atomic mass is 16.6. The molecule has 2 fully saturated rings. The molecule has 0 unspecified atom stereocenters. The smallest absolute Gasteiger partial charge is 0.292 e. The second-order valence-corrected chi connectivity index (χ2v) is 5.18. The van der Waals surface area contributed by atoms with Crippen LogP contribution in [0, 0.1) is 17.0 Å². The zero-order valence-corrected chi connectivity index (χ0v) is 10.7. The Labute approximate surface area is 110 Å². The maximum absolute atomic E-state index is 11.9. The predicted molar refractivity (Wildman–Crippen MR) is 69.9 cm³/mol. The van der Waals surface area contributed by atoms with Gasteiger partial charge in [-0.25, -0.2) is 0 Å². The first kappa shape index (κ1) is 12.0. The van der Waals surface area contributed by atoms with E-state index >= 15 is 0 Å². The first-order valence-corrected chi connectivity index (χ1v) is 6.36. The van der Waals surface area contributed by atoms with Crippen LogP contribution in [0.3, 0.4) is 0 Å². The van der Waals surface area contributed by atoms with Gasteiger partial charge >= 0.3 is 0 Å².